The van der Waals surface area contributed by atoms with Crippen molar-refractivity contribution in [2.75, 3.05) is 5.73 Å². The predicted octanol–water partition coefficient (Wildman–Crippen LogP) is 3.98. The van der Waals surface area contributed by atoms with Crippen LogP contribution in [0, 0.1) is 11.6 Å². The van der Waals surface area contributed by atoms with Crippen molar-refractivity contribution in [3.8, 4) is 0 Å². The van der Waals surface area contributed by atoms with E-state index in [4.69, 9.17) is 11.5 Å². The molecule has 0 heterocycles. The lowest BCUT2D eigenvalue weighted by atomic mass is 9.97. The van der Waals surface area contributed by atoms with Gasteiger partial charge in [-0.3, -0.25) is 9.59 Å². The third kappa shape index (κ3) is 4.30. The topological polar surface area (TPSA) is 89.4 Å². The van der Waals surface area contributed by atoms with E-state index in [-0.39, 0.29) is 16.8 Å². The molecule has 0 saturated carbocycles. The van der Waals surface area contributed by atoms with Gasteiger partial charge in [0, 0.05) is 11.8 Å². The Bertz CT molecular complexity index is 1050. The third-order valence-electron chi connectivity index (χ3n) is 4.87. The zero-order valence-electron chi connectivity index (χ0n) is 16.3. The number of amides is 2. The Morgan fingerprint density at radius 3 is 2.00 bits per heavy atom. The third-order valence-corrected chi connectivity index (χ3v) is 4.87. The number of carbonyl (C=O) groups excluding carboxylic acids is 2. The maximum atomic E-state index is 13.9. The van der Waals surface area contributed by atoms with E-state index >= 15 is 0 Å². The van der Waals surface area contributed by atoms with Gasteiger partial charge in [0.2, 0.25) is 5.91 Å². The lowest BCUT2D eigenvalue weighted by Gasteiger charge is -2.36. The van der Waals surface area contributed by atoms with Gasteiger partial charge in [0.25, 0.3) is 5.91 Å². The number of nitrogens with zero attached hydrogens (tertiary/aromatic N) is 1. The molecule has 0 fully saturated rings. The van der Waals surface area contributed by atoms with Crippen LogP contribution in [0.2, 0.25) is 0 Å². The van der Waals surface area contributed by atoms with Crippen LogP contribution in [0.25, 0.3) is 0 Å². The van der Waals surface area contributed by atoms with Gasteiger partial charge in [0.1, 0.15) is 17.7 Å². The van der Waals surface area contributed by atoms with Crippen molar-refractivity contribution in [2.24, 2.45) is 5.73 Å². The predicted molar refractivity (Wildman–Crippen MR) is 110 cm³/mol. The largest absolute Gasteiger partial charge is 0.398 e. The highest BCUT2D eigenvalue weighted by molar-refractivity contribution is 6.01. The Morgan fingerprint density at radius 1 is 0.867 bits per heavy atom. The lowest BCUT2D eigenvalue weighted by Crippen LogP contribution is -2.43. The Morgan fingerprint density at radius 2 is 1.43 bits per heavy atom. The molecule has 3 aromatic carbocycles. The molecule has 0 radical (unpaired) electrons. The number of nitrogen functional groups attached to an aromatic ring is 1. The smallest absolute Gasteiger partial charge is 0.257 e. The zero-order chi connectivity index (χ0) is 21.8. The van der Waals surface area contributed by atoms with Crippen molar-refractivity contribution >= 4 is 17.5 Å². The fraction of sp³-hybridized carbons (Fsp3) is 0.130. The highest BCUT2D eigenvalue weighted by Crippen LogP contribution is 2.34. The van der Waals surface area contributed by atoms with Gasteiger partial charge in [-0.2, -0.15) is 0 Å². The van der Waals surface area contributed by atoms with E-state index in [1.807, 2.05) is 0 Å². The lowest BCUT2D eigenvalue weighted by molar-refractivity contribution is -0.123. The molecule has 0 aliphatic heterocycles. The Kier molecular flexibility index (Phi) is 6.11. The molecule has 2 atom stereocenters. The van der Waals surface area contributed by atoms with Crippen LogP contribution < -0.4 is 11.5 Å². The van der Waals surface area contributed by atoms with Crippen LogP contribution >= 0.6 is 0 Å². The Hall–Kier alpha value is -3.74. The second kappa shape index (κ2) is 8.73. The van der Waals surface area contributed by atoms with E-state index < -0.39 is 35.5 Å². The molecule has 4 N–H and O–H groups in total. The molecule has 2 amide bonds. The molecule has 0 unspecified atom stereocenters. The summed E-state index contributed by atoms with van der Waals surface area (Å²) in [5, 5.41) is 0. The molecule has 0 aliphatic carbocycles. The molecule has 0 spiro atoms. The summed E-state index contributed by atoms with van der Waals surface area (Å²) < 4.78 is 27.7. The van der Waals surface area contributed by atoms with Crippen LogP contribution in [0.15, 0.2) is 72.8 Å². The average Bonchev–Trinajstić information content (AvgIpc) is 2.71. The van der Waals surface area contributed by atoms with E-state index in [1.54, 1.807) is 55.5 Å². The number of hydrogen-bond acceptors (Lipinski definition) is 3. The van der Waals surface area contributed by atoms with Gasteiger partial charge in [0.05, 0.1) is 11.6 Å². The molecule has 3 aromatic rings. The minimum absolute atomic E-state index is 0.156. The van der Waals surface area contributed by atoms with Crippen LogP contribution in [0.5, 0.6) is 0 Å². The first-order valence-electron chi connectivity index (χ1n) is 9.27. The summed E-state index contributed by atoms with van der Waals surface area (Å²) in [6.07, 6.45) is 0. The highest BCUT2D eigenvalue weighted by Gasteiger charge is 2.35. The van der Waals surface area contributed by atoms with Crippen LogP contribution in [0.3, 0.4) is 0 Å². The van der Waals surface area contributed by atoms with Crippen molar-refractivity contribution in [3.05, 3.63) is 101 Å². The first-order chi connectivity index (χ1) is 14.3. The molecule has 30 heavy (non-hydrogen) atoms. The summed E-state index contributed by atoms with van der Waals surface area (Å²) in [4.78, 5) is 27.2. The van der Waals surface area contributed by atoms with E-state index in [9.17, 15) is 18.4 Å². The van der Waals surface area contributed by atoms with Crippen molar-refractivity contribution in [1.82, 2.24) is 4.90 Å². The quantitative estimate of drug-likeness (QED) is 0.604. The van der Waals surface area contributed by atoms with Gasteiger partial charge >= 0.3 is 0 Å². The standard InChI is InChI=1S/C23H21F2N3O2/c1-14(16-11-17(24)13-18(25)12-16)28(23(30)19-9-5-6-10-20(19)26)21(22(27)29)15-7-3-2-4-8-15/h2-14,21H,26H2,1H3,(H2,27,29)/t14-,21-/m1/s1. The number of anilines is 1. The number of para-hydroxylation sites is 1. The van der Waals surface area contributed by atoms with Gasteiger partial charge in [-0.25, -0.2) is 8.78 Å². The summed E-state index contributed by atoms with van der Waals surface area (Å²) in [6, 6.07) is 15.8. The monoisotopic (exact) mass is 409 g/mol. The fourth-order valence-electron chi connectivity index (χ4n) is 3.42. The number of rotatable bonds is 6. The van der Waals surface area contributed by atoms with Crippen LogP contribution in [0.4, 0.5) is 14.5 Å². The molecule has 154 valence electrons. The minimum Gasteiger partial charge on any atom is -0.398 e. The maximum Gasteiger partial charge on any atom is 0.257 e. The Balaban J connectivity index is 2.18. The summed E-state index contributed by atoms with van der Waals surface area (Å²) >= 11 is 0. The Labute approximate surface area is 172 Å². The molecule has 3 rings (SSSR count). The van der Waals surface area contributed by atoms with Gasteiger partial charge in [-0.05, 0) is 42.3 Å². The van der Waals surface area contributed by atoms with Gasteiger partial charge < -0.3 is 16.4 Å². The summed E-state index contributed by atoms with van der Waals surface area (Å²) in [5.74, 6) is -2.96. The van der Waals surface area contributed by atoms with E-state index in [1.165, 1.54) is 11.0 Å². The summed E-state index contributed by atoms with van der Waals surface area (Å²) in [7, 11) is 0. The molecule has 0 aliphatic rings. The number of carbonyl (C=O) groups is 2. The molecule has 0 aromatic heterocycles. The van der Waals surface area contributed by atoms with Gasteiger partial charge in [0.15, 0.2) is 0 Å². The molecular formula is C23H21F2N3O2. The molecule has 5 nitrogen and oxygen atoms in total. The van der Waals surface area contributed by atoms with Crippen LogP contribution in [-0.2, 0) is 4.79 Å². The van der Waals surface area contributed by atoms with Crippen molar-refractivity contribution in [3.63, 3.8) is 0 Å². The molecule has 0 saturated heterocycles. The number of hydrogen-bond donors (Lipinski definition) is 2. The van der Waals surface area contributed by atoms with Crippen LogP contribution in [-0.4, -0.2) is 16.7 Å². The van der Waals surface area contributed by atoms with Gasteiger partial charge in [-0.1, -0.05) is 42.5 Å². The van der Waals surface area contributed by atoms with Crippen molar-refractivity contribution < 1.29 is 18.4 Å². The van der Waals surface area contributed by atoms with E-state index in [0.29, 0.717) is 5.56 Å². The average molecular weight is 409 g/mol. The first-order valence-corrected chi connectivity index (χ1v) is 9.27. The van der Waals surface area contributed by atoms with Gasteiger partial charge in [-0.15, -0.1) is 0 Å². The van der Waals surface area contributed by atoms with Crippen molar-refractivity contribution in [1.29, 1.82) is 0 Å². The SMILES string of the molecule is C[C@H](c1cc(F)cc(F)c1)N(C(=O)c1ccccc1N)[C@@H](C(N)=O)c1ccccc1. The van der Waals surface area contributed by atoms with Crippen molar-refractivity contribution in [2.45, 2.75) is 19.0 Å². The minimum atomic E-state index is -1.18. The molecule has 0 bridgehead atoms. The number of benzene rings is 3. The first kappa shape index (κ1) is 21.0. The number of halogens is 2. The van der Waals surface area contributed by atoms with E-state index in [2.05, 4.69) is 0 Å². The summed E-state index contributed by atoms with van der Waals surface area (Å²) in [6.45, 7) is 1.57. The second-order valence-electron chi connectivity index (χ2n) is 6.89. The molecule has 7 heteroatoms. The van der Waals surface area contributed by atoms with Crippen LogP contribution in [0.1, 0.15) is 40.5 Å². The highest BCUT2D eigenvalue weighted by atomic mass is 19.1. The second-order valence-corrected chi connectivity index (χ2v) is 6.89. The normalized spacial score (nSPS) is 12.8. The van der Waals surface area contributed by atoms with E-state index in [0.717, 1.165) is 18.2 Å². The molecular weight excluding hydrogens is 388 g/mol. The number of nitrogens with two attached hydrogens (primary N) is 2. The fourth-order valence-corrected chi connectivity index (χ4v) is 3.42. The summed E-state index contributed by atoms with van der Waals surface area (Å²) in [5.41, 5.74) is 12.7. The number of primary amides is 1. The zero-order valence-corrected chi connectivity index (χ0v) is 16.3. The maximum absolute atomic E-state index is 13.9.